The second-order valence-corrected chi connectivity index (χ2v) is 8.93. The van der Waals surface area contributed by atoms with Gasteiger partial charge in [-0.05, 0) is 36.5 Å². The first-order chi connectivity index (χ1) is 15.1. The van der Waals surface area contributed by atoms with Gasteiger partial charge in [-0.15, -0.1) is 0 Å². The van der Waals surface area contributed by atoms with E-state index in [1.165, 1.54) is 11.1 Å². The van der Waals surface area contributed by atoms with Gasteiger partial charge < -0.3 is 20.2 Å². The van der Waals surface area contributed by atoms with Crippen LogP contribution in [0.3, 0.4) is 0 Å². The van der Waals surface area contributed by atoms with Crippen LogP contribution in [0.4, 0.5) is 0 Å². The van der Waals surface area contributed by atoms with E-state index in [0.29, 0.717) is 6.42 Å². The van der Waals surface area contributed by atoms with Crippen molar-refractivity contribution in [3.8, 4) is 11.3 Å². The van der Waals surface area contributed by atoms with Gasteiger partial charge in [0.2, 0.25) is 5.91 Å². The summed E-state index contributed by atoms with van der Waals surface area (Å²) in [5, 5.41) is 4.35. The van der Waals surface area contributed by atoms with Crippen LogP contribution in [-0.4, -0.2) is 32.1 Å². The van der Waals surface area contributed by atoms with Crippen molar-refractivity contribution in [1.82, 2.24) is 19.4 Å². The molecule has 2 aromatic carbocycles. The first-order valence-electron chi connectivity index (χ1n) is 10.8. The van der Waals surface area contributed by atoms with Gasteiger partial charge in [0.05, 0.1) is 29.8 Å². The van der Waals surface area contributed by atoms with Gasteiger partial charge in [0, 0.05) is 35.8 Å². The van der Waals surface area contributed by atoms with Crippen molar-refractivity contribution in [2.75, 3.05) is 0 Å². The zero-order valence-electron chi connectivity index (χ0n) is 17.5. The van der Waals surface area contributed by atoms with Crippen LogP contribution in [0.1, 0.15) is 24.0 Å². The molecule has 2 aliphatic rings. The van der Waals surface area contributed by atoms with Crippen molar-refractivity contribution in [2.24, 2.45) is 12.8 Å². The molecule has 0 radical (unpaired) electrons. The zero-order chi connectivity index (χ0) is 21.2. The Balaban J connectivity index is 1.16. The van der Waals surface area contributed by atoms with Crippen LogP contribution in [0.25, 0.3) is 22.2 Å². The van der Waals surface area contributed by atoms with E-state index in [1.54, 1.807) is 0 Å². The number of nitrogens with one attached hydrogen (secondary N) is 1. The lowest BCUT2D eigenvalue weighted by Gasteiger charge is -2.47. The maximum Gasteiger partial charge on any atom is 0.237 e. The standard InChI is InChI=1S/C25H25N5O/c1-29-14-16(18-6-3-5-9-22(18)29)10-21(26)24(31)28-17-11-25(12-17)20-8-4-2-7-19(20)23-13-27-15-30(23)25/h2-9,13-15,17,21H,10-12,26H2,1H3,(H,28,31)/t17?,21-,25?/m0/s1. The molecule has 1 fully saturated rings. The molecule has 156 valence electrons. The highest BCUT2D eigenvalue weighted by molar-refractivity contribution is 5.87. The molecular formula is C25H25N5O. The predicted octanol–water partition coefficient (Wildman–Crippen LogP) is 2.95. The summed E-state index contributed by atoms with van der Waals surface area (Å²) in [5.41, 5.74) is 12.2. The number of fused-ring (bicyclic) bond motifs is 6. The van der Waals surface area contributed by atoms with Crippen LogP contribution in [-0.2, 0) is 23.8 Å². The molecule has 31 heavy (non-hydrogen) atoms. The number of aryl methyl sites for hydroxylation is 1. The summed E-state index contributed by atoms with van der Waals surface area (Å²) in [6.07, 6.45) is 8.17. The second kappa shape index (κ2) is 6.56. The first kappa shape index (κ1) is 18.4. The third kappa shape index (κ3) is 2.61. The number of rotatable bonds is 4. The summed E-state index contributed by atoms with van der Waals surface area (Å²) in [5.74, 6) is -0.0788. The Labute approximate surface area is 180 Å². The lowest BCUT2D eigenvalue weighted by molar-refractivity contribution is -0.124. The number of amides is 1. The third-order valence-electron chi connectivity index (χ3n) is 7.07. The van der Waals surface area contributed by atoms with Crippen molar-refractivity contribution in [3.63, 3.8) is 0 Å². The molecule has 6 rings (SSSR count). The Morgan fingerprint density at radius 2 is 2.00 bits per heavy atom. The Morgan fingerprint density at radius 1 is 1.23 bits per heavy atom. The third-order valence-corrected chi connectivity index (χ3v) is 7.07. The number of hydrogen-bond acceptors (Lipinski definition) is 3. The highest BCUT2D eigenvalue weighted by atomic mass is 16.2. The first-order valence-corrected chi connectivity index (χ1v) is 10.8. The van der Waals surface area contributed by atoms with E-state index in [-0.39, 0.29) is 17.5 Å². The molecule has 0 saturated heterocycles. The SMILES string of the molecule is Cn1cc(C[C@H](N)C(=O)NC2CC3(C2)c2ccccc2-c2cncn23)c2ccccc21. The van der Waals surface area contributed by atoms with E-state index < -0.39 is 6.04 Å². The molecule has 1 aliphatic heterocycles. The molecule has 1 amide bonds. The molecule has 0 bridgehead atoms. The lowest BCUT2D eigenvalue weighted by atomic mass is 9.68. The Hall–Kier alpha value is -3.38. The molecule has 2 aromatic heterocycles. The van der Waals surface area contributed by atoms with Crippen LogP contribution in [0.15, 0.2) is 67.3 Å². The summed E-state index contributed by atoms with van der Waals surface area (Å²) < 4.78 is 4.36. The van der Waals surface area contributed by atoms with E-state index in [4.69, 9.17) is 5.73 Å². The minimum absolute atomic E-state index is 0.0788. The fraction of sp³-hybridized carbons (Fsp3) is 0.280. The van der Waals surface area contributed by atoms with Crippen molar-refractivity contribution < 1.29 is 4.79 Å². The number of para-hydroxylation sites is 1. The number of imidazole rings is 1. The van der Waals surface area contributed by atoms with E-state index in [2.05, 4.69) is 62.0 Å². The molecule has 1 saturated carbocycles. The fourth-order valence-corrected chi connectivity index (χ4v) is 5.58. The number of nitrogens with zero attached hydrogens (tertiary/aromatic N) is 3. The highest BCUT2D eigenvalue weighted by Crippen LogP contribution is 2.54. The molecule has 1 aliphatic carbocycles. The summed E-state index contributed by atoms with van der Waals surface area (Å²) in [7, 11) is 2.02. The maximum atomic E-state index is 12.9. The number of aromatic nitrogens is 3. The summed E-state index contributed by atoms with van der Waals surface area (Å²) in [6, 6.07) is 16.3. The number of benzene rings is 2. The van der Waals surface area contributed by atoms with Crippen LogP contribution in [0.2, 0.25) is 0 Å². The minimum atomic E-state index is -0.568. The quantitative estimate of drug-likeness (QED) is 0.542. The van der Waals surface area contributed by atoms with Gasteiger partial charge in [-0.2, -0.15) is 0 Å². The minimum Gasteiger partial charge on any atom is -0.352 e. The molecule has 1 atom stereocenters. The topological polar surface area (TPSA) is 77.9 Å². The summed E-state index contributed by atoms with van der Waals surface area (Å²) in [6.45, 7) is 0. The number of nitrogens with two attached hydrogens (primary N) is 1. The Bertz CT molecular complexity index is 1310. The van der Waals surface area contributed by atoms with Crippen molar-refractivity contribution in [3.05, 3.63) is 78.4 Å². The molecule has 0 unspecified atom stereocenters. The zero-order valence-corrected chi connectivity index (χ0v) is 17.5. The highest BCUT2D eigenvalue weighted by Gasteiger charge is 2.52. The largest absolute Gasteiger partial charge is 0.352 e. The molecular weight excluding hydrogens is 386 g/mol. The van der Waals surface area contributed by atoms with Crippen LogP contribution in [0.5, 0.6) is 0 Å². The van der Waals surface area contributed by atoms with Gasteiger partial charge >= 0.3 is 0 Å². The van der Waals surface area contributed by atoms with Crippen LogP contribution < -0.4 is 11.1 Å². The van der Waals surface area contributed by atoms with Gasteiger partial charge in [-0.1, -0.05) is 42.5 Å². The summed E-state index contributed by atoms with van der Waals surface area (Å²) in [4.78, 5) is 17.2. The maximum absolute atomic E-state index is 12.9. The molecule has 1 spiro atoms. The summed E-state index contributed by atoms with van der Waals surface area (Å²) >= 11 is 0. The number of carbonyl (C=O) groups excluding carboxylic acids is 1. The molecule has 6 heteroatoms. The second-order valence-electron chi connectivity index (χ2n) is 8.93. The van der Waals surface area contributed by atoms with Crippen LogP contribution >= 0.6 is 0 Å². The Morgan fingerprint density at radius 3 is 2.87 bits per heavy atom. The molecule has 4 aromatic rings. The fourth-order valence-electron chi connectivity index (χ4n) is 5.58. The van der Waals surface area contributed by atoms with Gasteiger partial charge in [-0.25, -0.2) is 4.98 Å². The monoisotopic (exact) mass is 411 g/mol. The smallest absolute Gasteiger partial charge is 0.237 e. The van der Waals surface area contributed by atoms with E-state index in [0.717, 1.165) is 35.0 Å². The average molecular weight is 412 g/mol. The van der Waals surface area contributed by atoms with Crippen molar-refractivity contribution >= 4 is 16.8 Å². The average Bonchev–Trinajstić information content (AvgIpc) is 3.42. The van der Waals surface area contributed by atoms with Crippen molar-refractivity contribution in [1.29, 1.82) is 0 Å². The number of carbonyl (C=O) groups is 1. The lowest BCUT2D eigenvalue weighted by Crippen LogP contribution is -2.58. The van der Waals surface area contributed by atoms with Crippen molar-refractivity contribution in [2.45, 2.75) is 36.9 Å². The number of hydrogen-bond donors (Lipinski definition) is 2. The van der Waals surface area contributed by atoms with Crippen LogP contribution in [0, 0.1) is 0 Å². The van der Waals surface area contributed by atoms with Gasteiger partial charge in [0.1, 0.15) is 0 Å². The predicted molar refractivity (Wildman–Crippen MR) is 121 cm³/mol. The van der Waals surface area contributed by atoms with Gasteiger partial charge in [-0.3, -0.25) is 4.79 Å². The van der Waals surface area contributed by atoms with E-state index in [1.807, 2.05) is 31.7 Å². The molecule has 6 nitrogen and oxygen atoms in total. The normalized spacial score (nSPS) is 22.2. The Kier molecular flexibility index (Phi) is 3.89. The van der Waals surface area contributed by atoms with E-state index in [9.17, 15) is 4.79 Å². The molecule has 3 N–H and O–H groups in total. The van der Waals surface area contributed by atoms with Gasteiger partial charge in [0.25, 0.3) is 0 Å². The van der Waals surface area contributed by atoms with Gasteiger partial charge in [0.15, 0.2) is 0 Å². The molecule has 3 heterocycles. The van der Waals surface area contributed by atoms with E-state index >= 15 is 0 Å².